The van der Waals surface area contributed by atoms with Gasteiger partial charge in [-0.15, -0.1) is 0 Å². The number of hydrogen-bond donors (Lipinski definition) is 1. The average Bonchev–Trinajstić information content (AvgIpc) is 2.94. The van der Waals surface area contributed by atoms with Gasteiger partial charge in [-0.05, 0) is 57.0 Å². The number of nitrogens with two attached hydrogens (primary N) is 1. The standard InChI is InChI=1S/C17H25N3O/c1-13-11-19-10-2-3-16(19)12-20(13)17(21)15-6-4-14(5-7-15)8-9-18/h4-7,13,16H,2-3,8-12,18H2,1H3. The number of rotatable bonds is 3. The first-order valence-electron chi connectivity index (χ1n) is 8.03. The molecule has 1 aromatic carbocycles. The summed E-state index contributed by atoms with van der Waals surface area (Å²) >= 11 is 0. The number of piperazine rings is 1. The number of carbonyl (C=O) groups excluding carboxylic acids is 1. The zero-order chi connectivity index (χ0) is 14.8. The Balaban J connectivity index is 1.71. The number of fused-ring (bicyclic) bond motifs is 1. The van der Waals surface area contributed by atoms with Crippen LogP contribution in [0.25, 0.3) is 0 Å². The normalized spacial score (nSPS) is 25.9. The minimum absolute atomic E-state index is 0.174. The SMILES string of the molecule is CC1CN2CCCC2CN1C(=O)c1ccc(CCN)cc1. The van der Waals surface area contributed by atoms with Crippen molar-refractivity contribution < 1.29 is 4.79 Å². The van der Waals surface area contributed by atoms with E-state index < -0.39 is 0 Å². The summed E-state index contributed by atoms with van der Waals surface area (Å²) in [5.41, 5.74) is 7.56. The molecule has 4 nitrogen and oxygen atoms in total. The minimum Gasteiger partial charge on any atom is -0.333 e. The number of carbonyl (C=O) groups is 1. The Morgan fingerprint density at radius 1 is 1.29 bits per heavy atom. The molecule has 0 aromatic heterocycles. The first-order valence-corrected chi connectivity index (χ1v) is 8.03. The second kappa shape index (κ2) is 6.16. The zero-order valence-corrected chi connectivity index (χ0v) is 12.8. The van der Waals surface area contributed by atoms with Gasteiger partial charge in [0.15, 0.2) is 0 Å². The lowest BCUT2D eigenvalue weighted by atomic mass is 10.0. The van der Waals surface area contributed by atoms with Gasteiger partial charge in [0.2, 0.25) is 0 Å². The lowest BCUT2D eigenvalue weighted by molar-refractivity contribution is 0.0395. The number of amides is 1. The molecule has 0 bridgehead atoms. The van der Waals surface area contributed by atoms with Crippen LogP contribution in [0.3, 0.4) is 0 Å². The molecule has 2 N–H and O–H groups in total. The zero-order valence-electron chi connectivity index (χ0n) is 12.8. The number of nitrogens with zero attached hydrogens (tertiary/aromatic N) is 2. The van der Waals surface area contributed by atoms with Crippen LogP contribution < -0.4 is 5.73 Å². The molecule has 2 aliphatic rings. The Morgan fingerprint density at radius 3 is 2.76 bits per heavy atom. The Bertz CT molecular complexity index is 499. The summed E-state index contributed by atoms with van der Waals surface area (Å²) in [4.78, 5) is 17.4. The molecular weight excluding hydrogens is 262 g/mol. The van der Waals surface area contributed by atoms with E-state index in [2.05, 4.69) is 16.7 Å². The third-order valence-corrected chi connectivity index (χ3v) is 4.83. The first kappa shape index (κ1) is 14.5. The quantitative estimate of drug-likeness (QED) is 0.916. The van der Waals surface area contributed by atoms with Gasteiger partial charge in [-0.2, -0.15) is 0 Å². The molecule has 21 heavy (non-hydrogen) atoms. The second-order valence-electron chi connectivity index (χ2n) is 6.33. The molecule has 2 atom stereocenters. The maximum Gasteiger partial charge on any atom is 0.254 e. The van der Waals surface area contributed by atoms with Crippen LogP contribution in [0.4, 0.5) is 0 Å². The average molecular weight is 287 g/mol. The highest BCUT2D eigenvalue weighted by Crippen LogP contribution is 2.25. The molecule has 114 valence electrons. The fraction of sp³-hybridized carbons (Fsp3) is 0.588. The third kappa shape index (κ3) is 2.97. The Morgan fingerprint density at radius 2 is 2.05 bits per heavy atom. The molecule has 0 spiro atoms. The molecule has 3 rings (SSSR count). The van der Waals surface area contributed by atoms with E-state index >= 15 is 0 Å². The molecule has 2 saturated heterocycles. The highest BCUT2D eigenvalue weighted by atomic mass is 16.2. The van der Waals surface area contributed by atoms with E-state index in [-0.39, 0.29) is 5.91 Å². The van der Waals surface area contributed by atoms with Crippen LogP contribution in [0.2, 0.25) is 0 Å². The van der Waals surface area contributed by atoms with Crippen LogP contribution >= 0.6 is 0 Å². The summed E-state index contributed by atoms with van der Waals surface area (Å²) in [5.74, 6) is 0.174. The van der Waals surface area contributed by atoms with Gasteiger partial charge in [-0.3, -0.25) is 9.69 Å². The van der Waals surface area contributed by atoms with Gasteiger partial charge >= 0.3 is 0 Å². The molecule has 1 amide bonds. The fourth-order valence-corrected chi connectivity index (χ4v) is 3.62. The highest BCUT2D eigenvalue weighted by molar-refractivity contribution is 5.94. The van der Waals surface area contributed by atoms with Gasteiger partial charge in [0.05, 0.1) is 0 Å². The van der Waals surface area contributed by atoms with Crippen LogP contribution in [0, 0.1) is 0 Å². The van der Waals surface area contributed by atoms with E-state index in [1.165, 1.54) is 24.9 Å². The molecule has 2 aliphatic heterocycles. The van der Waals surface area contributed by atoms with Crippen molar-refractivity contribution in [3.63, 3.8) is 0 Å². The molecule has 0 aliphatic carbocycles. The lowest BCUT2D eigenvalue weighted by Crippen LogP contribution is -2.56. The van der Waals surface area contributed by atoms with Crippen molar-refractivity contribution in [2.45, 2.75) is 38.3 Å². The first-order chi connectivity index (χ1) is 10.2. The number of hydrogen-bond acceptors (Lipinski definition) is 3. The Labute approximate surface area is 126 Å². The van der Waals surface area contributed by atoms with Crippen LogP contribution in [-0.2, 0) is 6.42 Å². The fourth-order valence-electron chi connectivity index (χ4n) is 3.62. The maximum atomic E-state index is 12.8. The van der Waals surface area contributed by atoms with E-state index in [9.17, 15) is 4.79 Å². The van der Waals surface area contributed by atoms with Crippen LogP contribution in [0.1, 0.15) is 35.7 Å². The van der Waals surface area contributed by atoms with Gasteiger partial charge in [0, 0.05) is 30.7 Å². The van der Waals surface area contributed by atoms with Gasteiger partial charge < -0.3 is 10.6 Å². The van der Waals surface area contributed by atoms with Crippen molar-refractivity contribution in [1.82, 2.24) is 9.80 Å². The van der Waals surface area contributed by atoms with E-state index in [4.69, 9.17) is 5.73 Å². The summed E-state index contributed by atoms with van der Waals surface area (Å²) in [6.07, 6.45) is 3.37. The monoisotopic (exact) mass is 287 g/mol. The van der Waals surface area contributed by atoms with Crippen molar-refractivity contribution in [2.75, 3.05) is 26.2 Å². The van der Waals surface area contributed by atoms with E-state index in [0.717, 1.165) is 25.1 Å². The molecule has 0 saturated carbocycles. The smallest absolute Gasteiger partial charge is 0.254 e. The summed E-state index contributed by atoms with van der Waals surface area (Å²) in [6.45, 7) is 5.90. The molecule has 1 aromatic rings. The van der Waals surface area contributed by atoms with E-state index in [0.29, 0.717) is 18.6 Å². The molecular formula is C17H25N3O. The van der Waals surface area contributed by atoms with Gasteiger partial charge in [-0.25, -0.2) is 0 Å². The van der Waals surface area contributed by atoms with Crippen molar-refractivity contribution in [3.8, 4) is 0 Å². The lowest BCUT2D eigenvalue weighted by Gasteiger charge is -2.42. The molecule has 2 fully saturated rings. The van der Waals surface area contributed by atoms with Crippen molar-refractivity contribution in [2.24, 2.45) is 5.73 Å². The van der Waals surface area contributed by atoms with Crippen molar-refractivity contribution >= 4 is 5.91 Å². The van der Waals surface area contributed by atoms with Gasteiger partial charge in [0.1, 0.15) is 0 Å². The van der Waals surface area contributed by atoms with E-state index in [1.54, 1.807) is 0 Å². The highest BCUT2D eigenvalue weighted by Gasteiger charge is 2.36. The van der Waals surface area contributed by atoms with Gasteiger partial charge in [0.25, 0.3) is 5.91 Å². The van der Waals surface area contributed by atoms with Crippen molar-refractivity contribution in [1.29, 1.82) is 0 Å². The topological polar surface area (TPSA) is 49.6 Å². The number of benzene rings is 1. The molecule has 0 radical (unpaired) electrons. The predicted octanol–water partition coefficient (Wildman–Crippen LogP) is 1.50. The van der Waals surface area contributed by atoms with Crippen LogP contribution in [-0.4, -0.2) is 54.0 Å². The summed E-state index contributed by atoms with van der Waals surface area (Å²) in [7, 11) is 0. The summed E-state index contributed by atoms with van der Waals surface area (Å²) < 4.78 is 0. The van der Waals surface area contributed by atoms with E-state index in [1.807, 2.05) is 24.3 Å². The predicted molar refractivity (Wildman–Crippen MR) is 84.3 cm³/mol. The summed E-state index contributed by atoms with van der Waals surface area (Å²) in [5, 5.41) is 0. The third-order valence-electron chi connectivity index (χ3n) is 4.83. The second-order valence-corrected chi connectivity index (χ2v) is 6.33. The van der Waals surface area contributed by atoms with Crippen LogP contribution in [0.15, 0.2) is 24.3 Å². The Kier molecular flexibility index (Phi) is 4.27. The molecule has 2 heterocycles. The minimum atomic E-state index is 0.174. The maximum absolute atomic E-state index is 12.8. The van der Waals surface area contributed by atoms with Crippen LogP contribution in [0.5, 0.6) is 0 Å². The largest absolute Gasteiger partial charge is 0.333 e. The summed E-state index contributed by atoms with van der Waals surface area (Å²) in [6, 6.07) is 8.81. The van der Waals surface area contributed by atoms with Crippen molar-refractivity contribution in [3.05, 3.63) is 35.4 Å². The molecule has 2 unspecified atom stereocenters. The molecule has 4 heteroatoms. The van der Waals surface area contributed by atoms with Gasteiger partial charge in [-0.1, -0.05) is 12.1 Å². The Hall–Kier alpha value is -1.39.